The second-order valence-corrected chi connectivity index (χ2v) is 7.37. The third-order valence-corrected chi connectivity index (χ3v) is 5.16. The monoisotopic (exact) mass is 444 g/mol. The topological polar surface area (TPSA) is 103 Å². The Morgan fingerprint density at radius 1 is 0.879 bits per heavy atom. The number of amides is 2. The van der Waals surface area contributed by atoms with Gasteiger partial charge in [-0.1, -0.05) is 6.07 Å². The van der Waals surface area contributed by atoms with Crippen LogP contribution in [0.1, 0.15) is 17.0 Å². The standard InChI is InChI=1S/C24H24N6O3/c1-15-16(2)29-30(17(15)3)22-12-13-23(28-27-22)33-20-10-8-18(9-11-20)25-24(31)26-19-6-5-7-21(14-19)32-4/h5-14H,1-4H3,(H2,25,26,31). The molecule has 0 bridgehead atoms. The number of nitrogens with one attached hydrogen (secondary N) is 2. The van der Waals surface area contributed by atoms with Gasteiger partial charge in [0.15, 0.2) is 5.82 Å². The maximum absolute atomic E-state index is 12.2. The van der Waals surface area contributed by atoms with Gasteiger partial charge in [0.05, 0.1) is 12.8 Å². The molecule has 0 saturated heterocycles. The lowest BCUT2D eigenvalue weighted by molar-refractivity contribution is 0.262. The zero-order chi connectivity index (χ0) is 23.4. The Labute approximate surface area is 191 Å². The lowest BCUT2D eigenvalue weighted by Crippen LogP contribution is -2.19. The largest absolute Gasteiger partial charge is 0.497 e. The summed E-state index contributed by atoms with van der Waals surface area (Å²) in [5, 5.41) is 18.4. The highest BCUT2D eigenvalue weighted by Crippen LogP contribution is 2.23. The Morgan fingerprint density at radius 3 is 2.27 bits per heavy atom. The van der Waals surface area contributed by atoms with Gasteiger partial charge in [-0.2, -0.15) is 5.10 Å². The molecule has 0 aliphatic carbocycles. The molecule has 9 heteroatoms. The number of ether oxygens (including phenoxy) is 2. The van der Waals surface area contributed by atoms with Crippen LogP contribution in [0.5, 0.6) is 17.4 Å². The number of benzene rings is 2. The van der Waals surface area contributed by atoms with Gasteiger partial charge in [-0.05, 0) is 68.8 Å². The van der Waals surface area contributed by atoms with Crippen molar-refractivity contribution >= 4 is 17.4 Å². The lowest BCUT2D eigenvalue weighted by Gasteiger charge is -2.10. The molecule has 0 radical (unpaired) electrons. The van der Waals surface area contributed by atoms with Crippen molar-refractivity contribution in [1.29, 1.82) is 0 Å². The average molecular weight is 444 g/mol. The fourth-order valence-corrected chi connectivity index (χ4v) is 3.15. The molecule has 168 valence electrons. The molecular weight excluding hydrogens is 420 g/mol. The molecule has 2 amide bonds. The van der Waals surface area contributed by atoms with E-state index in [9.17, 15) is 4.79 Å². The number of nitrogens with zero attached hydrogens (tertiary/aromatic N) is 4. The first kappa shape index (κ1) is 21.8. The van der Waals surface area contributed by atoms with E-state index in [1.807, 2.05) is 20.8 Å². The number of hydrogen-bond donors (Lipinski definition) is 2. The van der Waals surface area contributed by atoms with E-state index < -0.39 is 0 Å². The zero-order valence-corrected chi connectivity index (χ0v) is 18.8. The molecule has 2 aromatic heterocycles. The molecule has 0 spiro atoms. The SMILES string of the molecule is COc1cccc(NC(=O)Nc2ccc(Oc3ccc(-n4nc(C)c(C)c4C)nn3)cc2)c1. The van der Waals surface area contributed by atoms with Gasteiger partial charge in [-0.25, -0.2) is 9.48 Å². The summed E-state index contributed by atoms with van der Waals surface area (Å²) in [5.74, 6) is 2.21. The van der Waals surface area contributed by atoms with E-state index in [0.29, 0.717) is 34.6 Å². The maximum Gasteiger partial charge on any atom is 0.323 e. The quantitative estimate of drug-likeness (QED) is 0.432. The minimum Gasteiger partial charge on any atom is -0.497 e. The fraction of sp³-hybridized carbons (Fsp3) is 0.167. The summed E-state index contributed by atoms with van der Waals surface area (Å²) in [5.41, 5.74) is 4.35. The summed E-state index contributed by atoms with van der Waals surface area (Å²) in [7, 11) is 1.57. The van der Waals surface area contributed by atoms with Crippen LogP contribution < -0.4 is 20.1 Å². The number of aromatic nitrogens is 4. The summed E-state index contributed by atoms with van der Waals surface area (Å²) in [6.07, 6.45) is 0. The zero-order valence-electron chi connectivity index (χ0n) is 18.8. The van der Waals surface area contributed by atoms with Crippen molar-refractivity contribution in [1.82, 2.24) is 20.0 Å². The van der Waals surface area contributed by atoms with Crippen LogP contribution in [0.15, 0.2) is 60.7 Å². The number of hydrogen-bond acceptors (Lipinski definition) is 6. The molecule has 0 atom stereocenters. The second kappa shape index (κ2) is 9.39. The molecule has 0 saturated carbocycles. The Hall–Kier alpha value is -4.40. The Bertz CT molecular complexity index is 1270. The Balaban J connectivity index is 1.36. The van der Waals surface area contributed by atoms with Crippen LogP contribution in [-0.4, -0.2) is 33.1 Å². The summed E-state index contributed by atoms with van der Waals surface area (Å²) >= 11 is 0. The van der Waals surface area contributed by atoms with Crippen molar-refractivity contribution in [3.05, 3.63) is 77.6 Å². The molecule has 33 heavy (non-hydrogen) atoms. The summed E-state index contributed by atoms with van der Waals surface area (Å²) in [4.78, 5) is 12.2. The van der Waals surface area contributed by atoms with E-state index in [0.717, 1.165) is 17.0 Å². The number of aryl methyl sites for hydroxylation is 1. The number of carbonyl (C=O) groups excluding carboxylic acids is 1. The molecule has 0 fully saturated rings. The third-order valence-electron chi connectivity index (χ3n) is 5.16. The molecule has 2 N–H and O–H groups in total. The van der Waals surface area contributed by atoms with Gasteiger partial charge in [-0.15, -0.1) is 10.2 Å². The molecule has 0 aliphatic rings. The third kappa shape index (κ3) is 5.09. The molecule has 0 unspecified atom stereocenters. The van der Waals surface area contributed by atoms with Crippen LogP contribution >= 0.6 is 0 Å². The average Bonchev–Trinajstić information content (AvgIpc) is 3.08. The highest BCUT2D eigenvalue weighted by Gasteiger charge is 2.11. The van der Waals surface area contributed by atoms with Crippen molar-refractivity contribution in [2.45, 2.75) is 20.8 Å². The highest BCUT2D eigenvalue weighted by molar-refractivity contribution is 5.99. The lowest BCUT2D eigenvalue weighted by atomic mass is 10.2. The molecule has 4 aromatic rings. The number of methoxy groups -OCH3 is 1. The van der Waals surface area contributed by atoms with Gasteiger partial charge >= 0.3 is 6.03 Å². The first-order valence-corrected chi connectivity index (χ1v) is 10.3. The van der Waals surface area contributed by atoms with Crippen molar-refractivity contribution in [2.24, 2.45) is 0 Å². The van der Waals surface area contributed by atoms with Gasteiger partial charge in [0.25, 0.3) is 0 Å². The summed E-state index contributed by atoms with van der Waals surface area (Å²) in [6, 6.07) is 17.2. The van der Waals surface area contributed by atoms with Crippen LogP contribution in [0.3, 0.4) is 0 Å². The summed E-state index contributed by atoms with van der Waals surface area (Å²) in [6.45, 7) is 5.98. The summed E-state index contributed by atoms with van der Waals surface area (Å²) < 4.78 is 12.7. The van der Waals surface area contributed by atoms with Gasteiger partial charge in [-0.3, -0.25) is 0 Å². The van der Waals surface area contributed by atoms with Crippen LogP contribution in [0.25, 0.3) is 5.82 Å². The van der Waals surface area contributed by atoms with E-state index in [-0.39, 0.29) is 6.03 Å². The molecular formula is C24H24N6O3. The minimum absolute atomic E-state index is 0.355. The van der Waals surface area contributed by atoms with Crippen LogP contribution in [-0.2, 0) is 0 Å². The van der Waals surface area contributed by atoms with Gasteiger partial charge in [0.2, 0.25) is 5.88 Å². The van der Waals surface area contributed by atoms with E-state index in [4.69, 9.17) is 9.47 Å². The normalized spacial score (nSPS) is 10.5. The van der Waals surface area contributed by atoms with Crippen LogP contribution in [0, 0.1) is 20.8 Å². The molecule has 2 heterocycles. The predicted molar refractivity (Wildman–Crippen MR) is 126 cm³/mol. The highest BCUT2D eigenvalue weighted by atomic mass is 16.5. The van der Waals surface area contributed by atoms with Crippen LogP contribution in [0.4, 0.5) is 16.2 Å². The molecule has 9 nitrogen and oxygen atoms in total. The Morgan fingerprint density at radius 2 is 1.64 bits per heavy atom. The van der Waals surface area contributed by atoms with Crippen molar-refractivity contribution < 1.29 is 14.3 Å². The van der Waals surface area contributed by atoms with Gasteiger partial charge < -0.3 is 20.1 Å². The van der Waals surface area contributed by atoms with Crippen molar-refractivity contribution in [3.63, 3.8) is 0 Å². The fourth-order valence-electron chi connectivity index (χ4n) is 3.15. The van der Waals surface area contributed by atoms with E-state index >= 15 is 0 Å². The molecule has 2 aromatic carbocycles. The Kier molecular flexibility index (Phi) is 6.21. The van der Waals surface area contributed by atoms with Crippen molar-refractivity contribution in [3.8, 4) is 23.2 Å². The van der Waals surface area contributed by atoms with E-state index in [1.54, 1.807) is 72.5 Å². The van der Waals surface area contributed by atoms with E-state index in [1.165, 1.54) is 0 Å². The second-order valence-electron chi connectivity index (χ2n) is 7.37. The smallest absolute Gasteiger partial charge is 0.323 e. The number of urea groups is 1. The first-order valence-electron chi connectivity index (χ1n) is 10.3. The predicted octanol–water partition coefficient (Wildman–Crippen LogP) is 5.03. The minimum atomic E-state index is -0.363. The van der Waals surface area contributed by atoms with Gasteiger partial charge in [0.1, 0.15) is 11.5 Å². The maximum atomic E-state index is 12.2. The first-order chi connectivity index (χ1) is 15.9. The van der Waals surface area contributed by atoms with Crippen LogP contribution in [0.2, 0.25) is 0 Å². The van der Waals surface area contributed by atoms with Gasteiger partial charge in [0, 0.05) is 29.2 Å². The number of anilines is 2. The molecule has 0 aliphatic heterocycles. The number of rotatable bonds is 6. The van der Waals surface area contributed by atoms with Crippen molar-refractivity contribution in [2.75, 3.05) is 17.7 Å². The number of carbonyl (C=O) groups is 1. The molecule has 4 rings (SSSR count). The van der Waals surface area contributed by atoms with E-state index in [2.05, 4.69) is 25.9 Å².